The predicted molar refractivity (Wildman–Crippen MR) is 106 cm³/mol. The lowest BCUT2D eigenvalue weighted by atomic mass is 10.2. The van der Waals surface area contributed by atoms with E-state index >= 15 is 0 Å². The molecule has 8 heteroatoms. The van der Waals surface area contributed by atoms with Crippen molar-refractivity contribution in [1.82, 2.24) is 5.32 Å². The maximum atomic E-state index is 12.2. The minimum absolute atomic E-state index is 0.0552. The number of nitrogens with one attached hydrogen (secondary N) is 2. The van der Waals surface area contributed by atoms with E-state index in [1.807, 2.05) is 18.2 Å². The molecule has 1 fully saturated rings. The van der Waals surface area contributed by atoms with Gasteiger partial charge in [0.2, 0.25) is 11.8 Å². The SMILES string of the molecule is COc1ccc(NC(=O)C[C@H]2SC(=Nc3cccc(OC)c3)NC2=O)cc1. The molecule has 0 bridgehead atoms. The van der Waals surface area contributed by atoms with Gasteiger partial charge in [-0.05, 0) is 36.4 Å². The minimum atomic E-state index is -0.521. The maximum Gasteiger partial charge on any atom is 0.240 e. The lowest BCUT2D eigenvalue weighted by Gasteiger charge is -2.08. The summed E-state index contributed by atoms with van der Waals surface area (Å²) in [6.45, 7) is 0. The Balaban J connectivity index is 1.59. The highest BCUT2D eigenvalue weighted by Gasteiger charge is 2.32. The number of hydrogen-bond donors (Lipinski definition) is 2. The van der Waals surface area contributed by atoms with Crippen molar-refractivity contribution >= 4 is 40.1 Å². The molecule has 1 aliphatic rings. The summed E-state index contributed by atoms with van der Waals surface area (Å²) in [5, 5.41) is 5.43. The number of carbonyl (C=O) groups excluding carboxylic acids is 2. The van der Waals surface area contributed by atoms with Crippen LogP contribution in [0.2, 0.25) is 0 Å². The van der Waals surface area contributed by atoms with Crippen LogP contribution >= 0.6 is 11.8 Å². The number of methoxy groups -OCH3 is 2. The fourth-order valence-electron chi connectivity index (χ4n) is 2.44. The average Bonchev–Trinajstić information content (AvgIpc) is 3.01. The van der Waals surface area contributed by atoms with Gasteiger partial charge in [-0.25, -0.2) is 4.99 Å². The lowest BCUT2D eigenvalue weighted by Crippen LogP contribution is -2.28. The van der Waals surface area contributed by atoms with E-state index in [2.05, 4.69) is 15.6 Å². The predicted octanol–water partition coefficient (Wildman–Crippen LogP) is 2.95. The maximum absolute atomic E-state index is 12.2. The molecule has 1 saturated heterocycles. The standard InChI is InChI=1S/C19H19N3O4S/c1-25-14-8-6-12(7-9-14)20-17(23)11-16-18(24)22-19(27-16)21-13-4-3-5-15(10-13)26-2/h3-10,16H,11H2,1-2H3,(H,20,23)(H,21,22,24)/t16-/m1/s1. The van der Waals surface area contributed by atoms with E-state index in [4.69, 9.17) is 9.47 Å². The number of benzene rings is 2. The molecule has 0 aromatic heterocycles. The van der Waals surface area contributed by atoms with Crippen molar-refractivity contribution in [2.45, 2.75) is 11.7 Å². The molecule has 27 heavy (non-hydrogen) atoms. The Hall–Kier alpha value is -3.00. The second-order valence-electron chi connectivity index (χ2n) is 5.69. The van der Waals surface area contributed by atoms with Crippen molar-refractivity contribution in [2.24, 2.45) is 4.99 Å². The lowest BCUT2D eigenvalue weighted by molar-refractivity contribution is -0.122. The van der Waals surface area contributed by atoms with Crippen molar-refractivity contribution in [3.63, 3.8) is 0 Å². The zero-order valence-corrected chi connectivity index (χ0v) is 15.7. The zero-order valence-electron chi connectivity index (χ0n) is 14.9. The van der Waals surface area contributed by atoms with Crippen LogP contribution in [0.15, 0.2) is 53.5 Å². The van der Waals surface area contributed by atoms with Crippen LogP contribution in [0.4, 0.5) is 11.4 Å². The third-order valence-corrected chi connectivity index (χ3v) is 4.89. The Labute approximate surface area is 161 Å². The van der Waals surface area contributed by atoms with Gasteiger partial charge in [-0.15, -0.1) is 0 Å². The van der Waals surface area contributed by atoms with Crippen molar-refractivity contribution in [3.05, 3.63) is 48.5 Å². The first-order chi connectivity index (χ1) is 13.1. The molecule has 0 radical (unpaired) electrons. The number of aliphatic imine (C=N–C) groups is 1. The van der Waals surface area contributed by atoms with Crippen LogP contribution in [0.3, 0.4) is 0 Å². The molecule has 7 nitrogen and oxygen atoms in total. The molecule has 2 aromatic rings. The van der Waals surface area contributed by atoms with Gasteiger partial charge in [-0.2, -0.15) is 0 Å². The fraction of sp³-hybridized carbons (Fsp3) is 0.211. The molecule has 2 N–H and O–H groups in total. The molecule has 140 valence electrons. The molecule has 0 unspecified atom stereocenters. The molecule has 1 atom stereocenters. The first-order valence-electron chi connectivity index (χ1n) is 8.21. The normalized spacial score (nSPS) is 17.5. The van der Waals surface area contributed by atoms with Gasteiger partial charge >= 0.3 is 0 Å². The number of hydrogen-bond acceptors (Lipinski definition) is 6. The number of anilines is 1. The van der Waals surface area contributed by atoms with Crippen molar-refractivity contribution in [1.29, 1.82) is 0 Å². The van der Waals surface area contributed by atoms with Gasteiger partial charge in [0.15, 0.2) is 5.17 Å². The Kier molecular flexibility index (Phi) is 5.97. The number of amides is 2. The second-order valence-corrected chi connectivity index (χ2v) is 6.89. The number of carbonyl (C=O) groups is 2. The quantitative estimate of drug-likeness (QED) is 0.798. The molecule has 1 heterocycles. The highest BCUT2D eigenvalue weighted by Crippen LogP contribution is 2.27. The number of ether oxygens (including phenoxy) is 2. The summed E-state index contributed by atoms with van der Waals surface area (Å²) < 4.78 is 10.2. The van der Waals surface area contributed by atoms with E-state index < -0.39 is 5.25 Å². The highest BCUT2D eigenvalue weighted by molar-refractivity contribution is 8.15. The van der Waals surface area contributed by atoms with Crippen LogP contribution in [0.25, 0.3) is 0 Å². The molecular formula is C19H19N3O4S. The van der Waals surface area contributed by atoms with Gasteiger partial charge < -0.3 is 20.1 Å². The fourth-order valence-corrected chi connectivity index (χ4v) is 3.43. The Bertz CT molecular complexity index is 868. The Morgan fingerprint density at radius 2 is 1.89 bits per heavy atom. The van der Waals surface area contributed by atoms with Gasteiger partial charge in [-0.1, -0.05) is 17.8 Å². The molecule has 2 aromatic carbocycles. The first-order valence-corrected chi connectivity index (χ1v) is 9.09. The van der Waals surface area contributed by atoms with Crippen LogP contribution in [-0.4, -0.2) is 36.5 Å². The summed E-state index contributed by atoms with van der Waals surface area (Å²) in [6, 6.07) is 14.2. The van der Waals surface area contributed by atoms with Gasteiger partial charge in [0.05, 0.1) is 19.9 Å². The van der Waals surface area contributed by atoms with Crippen LogP contribution in [0.1, 0.15) is 6.42 Å². The van der Waals surface area contributed by atoms with E-state index in [0.717, 1.165) is 0 Å². The van der Waals surface area contributed by atoms with Gasteiger partial charge in [0.1, 0.15) is 16.7 Å². The molecule has 0 aliphatic carbocycles. The summed E-state index contributed by atoms with van der Waals surface area (Å²) in [5.74, 6) is 0.917. The topological polar surface area (TPSA) is 89.0 Å². The number of amidine groups is 1. The van der Waals surface area contributed by atoms with Crippen LogP contribution in [-0.2, 0) is 9.59 Å². The largest absolute Gasteiger partial charge is 0.497 e. The molecule has 1 aliphatic heterocycles. The van der Waals surface area contributed by atoms with E-state index in [-0.39, 0.29) is 18.2 Å². The van der Waals surface area contributed by atoms with E-state index in [9.17, 15) is 9.59 Å². The van der Waals surface area contributed by atoms with Crippen LogP contribution < -0.4 is 20.1 Å². The molecule has 2 amide bonds. The number of rotatable bonds is 6. The van der Waals surface area contributed by atoms with Gasteiger partial charge in [-0.3, -0.25) is 9.59 Å². The van der Waals surface area contributed by atoms with Crippen LogP contribution in [0.5, 0.6) is 11.5 Å². The van der Waals surface area contributed by atoms with E-state index in [1.165, 1.54) is 11.8 Å². The van der Waals surface area contributed by atoms with Gasteiger partial charge in [0, 0.05) is 18.2 Å². The summed E-state index contributed by atoms with van der Waals surface area (Å²) in [6.07, 6.45) is 0.0552. The first kappa shape index (κ1) is 18.8. The van der Waals surface area contributed by atoms with Crippen molar-refractivity contribution in [3.8, 4) is 11.5 Å². The molecule has 0 spiro atoms. The molecule has 3 rings (SSSR count). The smallest absolute Gasteiger partial charge is 0.240 e. The average molecular weight is 385 g/mol. The summed E-state index contributed by atoms with van der Waals surface area (Å²) >= 11 is 1.24. The summed E-state index contributed by atoms with van der Waals surface area (Å²) in [5.41, 5.74) is 1.31. The summed E-state index contributed by atoms with van der Waals surface area (Å²) in [7, 11) is 3.16. The number of nitrogens with zero attached hydrogens (tertiary/aromatic N) is 1. The van der Waals surface area contributed by atoms with Gasteiger partial charge in [0.25, 0.3) is 0 Å². The zero-order chi connectivity index (χ0) is 19.2. The summed E-state index contributed by atoms with van der Waals surface area (Å²) in [4.78, 5) is 28.8. The molecular weight excluding hydrogens is 366 g/mol. The third-order valence-electron chi connectivity index (χ3n) is 3.80. The van der Waals surface area contributed by atoms with E-state index in [0.29, 0.717) is 28.0 Å². The van der Waals surface area contributed by atoms with Crippen molar-refractivity contribution in [2.75, 3.05) is 19.5 Å². The second kappa shape index (κ2) is 8.59. The molecule has 0 saturated carbocycles. The Morgan fingerprint density at radius 1 is 1.15 bits per heavy atom. The Morgan fingerprint density at radius 3 is 2.59 bits per heavy atom. The highest BCUT2D eigenvalue weighted by atomic mass is 32.2. The van der Waals surface area contributed by atoms with Crippen LogP contribution in [0, 0.1) is 0 Å². The monoisotopic (exact) mass is 385 g/mol. The van der Waals surface area contributed by atoms with E-state index in [1.54, 1.807) is 44.6 Å². The number of thioether (sulfide) groups is 1. The minimum Gasteiger partial charge on any atom is -0.497 e. The third kappa shape index (κ3) is 5.01. The van der Waals surface area contributed by atoms with Crippen molar-refractivity contribution < 1.29 is 19.1 Å².